The summed E-state index contributed by atoms with van der Waals surface area (Å²) in [7, 11) is 0. The van der Waals surface area contributed by atoms with Crippen molar-refractivity contribution >= 4 is 28.5 Å². The van der Waals surface area contributed by atoms with E-state index in [4.69, 9.17) is 19.4 Å². The highest BCUT2D eigenvalue weighted by Crippen LogP contribution is 2.32. The summed E-state index contributed by atoms with van der Waals surface area (Å²) in [4.78, 5) is 26.7. The molecule has 1 saturated heterocycles. The Morgan fingerprint density at radius 3 is 2.26 bits per heavy atom. The van der Waals surface area contributed by atoms with Crippen LogP contribution in [0.3, 0.4) is 0 Å². The fourth-order valence-corrected chi connectivity index (χ4v) is 4.11. The van der Waals surface area contributed by atoms with Gasteiger partial charge in [-0.2, -0.15) is 5.26 Å². The highest BCUT2D eigenvalue weighted by Gasteiger charge is 2.32. The summed E-state index contributed by atoms with van der Waals surface area (Å²) >= 11 is 0. The molecule has 3 aromatic rings. The summed E-state index contributed by atoms with van der Waals surface area (Å²) in [6.45, 7) is 8.92. The van der Waals surface area contributed by atoms with Crippen LogP contribution in [0.4, 0.5) is 11.5 Å². The number of carbonyl (C=O) groups is 1. The molecule has 176 valence electrons. The molecule has 1 fully saturated rings. The van der Waals surface area contributed by atoms with Gasteiger partial charge in [0.15, 0.2) is 11.7 Å². The van der Waals surface area contributed by atoms with Crippen molar-refractivity contribution in [3.05, 3.63) is 54.2 Å². The Labute approximate surface area is 199 Å². The van der Waals surface area contributed by atoms with Crippen molar-refractivity contribution in [1.82, 2.24) is 9.97 Å². The monoisotopic (exact) mass is 459 g/mol. The average Bonchev–Trinajstić information content (AvgIpc) is 2.84. The van der Waals surface area contributed by atoms with Crippen LogP contribution in [0.25, 0.3) is 11.0 Å². The van der Waals surface area contributed by atoms with Gasteiger partial charge >= 0.3 is 5.97 Å². The molecule has 0 unspecified atom stereocenters. The Morgan fingerprint density at radius 2 is 1.62 bits per heavy atom. The fraction of sp³-hybridized carbons (Fsp3) is 0.385. The minimum absolute atomic E-state index is 0.325. The fourth-order valence-electron chi connectivity index (χ4n) is 4.11. The molecule has 1 atom stereocenters. The molecule has 0 spiro atoms. The summed E-state index contributed by atoms with van der Waals surface area (Å²) < 4.78 is 11.2. The van der Waals surface area contributed by atoms with E-state index in [1.807, 2.05) is 49.4 Å². The number of ether oxygens (including phenoxy) is 2. The highest BCUT2D eigenvalue weighted by molar-refractivity contribution is 5.85. The minimum atomic E-state index is -1.15. The lowest BCUT2D eigenvalue weighted by Gasteiger charge is -2.38. The molecule has 0 N–H and O–H groups in total. The first kappa shape index (κ1) is 23.3. The molecular formula is C26H29N5O3. The number of anilines is 2. The quantitative estimate of drug-likeness (QED) is 0.491. The number of para-hydroxylation sites is 4. The van der Waals surface area contributed by atoms with Gasteiger partial charge in [0.25, 0.3) is 0 Å². The number of fused-ring (bicyclic) bond motifs is 1. The van der Waals surface area contributed by atoms with Crippen LogP contribution in [-0.4, -0.2) is 54.8 Å². The molecule has 8 heteroatoms. The van der Waals surface area contributed by atoms with Gasteiger partial charge in [0.05, 0.1) is 35.5 Å². The molecule has 0 saturated carbocycles. The maximum absolute atomic E-state index is 12.7. The molecule has 34 heavy (non-hydrogen) atoms. The number of nitrogens with zero attached hydrogens (tertiary/aromatic N) is 5. The van der Waals surface area contributed by atoms with Crippen molar-refractivity contribution in [1.29, 1.82) is 5.26 Å². The SMILES string of the molecule is CCOc1ccccc1N1CCN(c2nc3ccccc3nc2[C@@H](C#N)C(=O)OC(C)C)CC1. The van der Waals surface area contributed by atoms with Crippen LogP contribution in [0.5, 0.6) is 5.75 Å². The molecule has 1 aliphatic rings. The molecule has 4 rings (SSSR count). The number of hydrogen-bond acceptors (Lipinski definition) is 8. The number of benzene rings is 2. The lowest BCUT2D eigenvalue weighted by atomic mass is 10.1. The molecule has 2 aromatic carbocycles. The summed E-state index contributed by atoms with van der Waals surface area (Å²) in [6, 6.07) is 17.6. The van der Waals surface area contributed by atoms with E-state index in [2.05, 4.69) is 21.9 Å². The van der Waals surface area contributed by atoms with Gasteiger partial charge in [-0.05, 0) is 45.0 Å². The maximum atomic E-state index is 12.7. The van der Waals surface area contributed by atoms with Crippen molar-refractivity contribution in [3.8, 4) is 11.8 Å². The molecule has 8 nitrogen and oxygen atoms in total. The molecule has 1 aliphatic heterocycles. The second-order valence-electron chi connectivity index (χ2n) is 8.34. The van der Waals surface area contributed by atoms with Crippen LogP contribution in [-0.2, 0) is 9.53 Å². The Hall–Kier alpha value is -3.86. The van der Waals surface area contributed by atoms with E-state index in [0.717, 1.165) is 30.0 Å². The topological polar surface area (TPSA) is 91.6 Å². The Kier molecular flexibility index (Phi) is 7.12. The van der Waals surface area contributed by atoms with Crippen molar-refractivity contribution in [3.63, 3.8) is 0 Å². The molecule has 0 bridgehead atoms. The number of piperazine rings is 1. The van der Waals surface area contributed by atoms with Gasteiger partial charge in [-0.1, -0.05) is 24.3 Å². The van der Waals surface area contributed by atoms with Crippen molar-refractivity contribution < 1.29 is 14.3 Å². The van der Waals surface area contributed by atoms with E-state index >= 15 is 0 Å². The minimum Gasteiger partial charge on any atom is -0.492 e. The molecular weight excluding hydrogens is 430 g/mol. The van der Waals surface area contributed by atoms with Gasteiger partial charge in [0.1, 0.15) is 11.4 Å². The van der Waals surface area contributed by atoms with E-state index in [0.29, 0.717) is 36.7 Å². The Balaban J connectivity index is 1.65. The predicted molar refractivity (Wildman–Crippen MR) is 131 cm³/mol. The van der Waals surface area contributed by atoms with Crippen LogP contribution >= 0.6 is 0 Å². The van der Waals surface area contributed by atoms with Gasteiger partial charge in [-0.25, -0.2) is 9.97 Å². The standard InChI is InChI=1S/C26H29N5O3/c1-4-33-23-12-8-7-11-22(23)30-13-15-31(16-14-30)25-24(19(17-27)26(32)34-18(2)3)28-20-9-5-6-10-21(20)29-25/h5-12,18-19H,4,13-16H2,1-3H3/t19-/m1/s1. The lowest BCUT2D eigenvalue weighted by Crippen LogP contribution is -2.47. The smallest absolute Gasteiger partial charge is 0.329 e. The molecule has 1 aromatic heterocycles. The molecule has 2 heterocycles. The number of nitriles is 1. The van der Waals surface area contributed by atoms with Crippen LogP contribution < -0.4 is 14.5 Å². The summed E-state index contributed by atoms with van der Waals surface area (Å²) in [6.07, 6.45) is -0.325. The molecule has 0 aliphatic carbocycles. The summed E-state index contributed by atoms with van der Waals surface area (Å²) in [5, 5.41) is 9.87. The lowest BCUT2D eigenvalue weighted by molar-refractivity contribution is -0.147. The largest absolute Gasteiger partial charge is 0.492 e. The average molecular weight is 460 g/mol. The van der Waals surface area contributed by atoms with Gasteiger partial charge in [0.2, 0.25) is 0 Å². The van der Waals surface area contributed by atoms with Crippen molar-refractivity contribution in [2.75, 3.05) is 42.6 Å². The predicted octanol–water partition coefficient (Wildman–Crippen LogP) is 3.91. The molecule has 0 radical (unpaired) electrons. The van der Waals surface area contributed by atoms with Crippen molar-refractivity contribution in [2.24, 2.45) is 0 Å². The normalized spacial score (nSPS) is 14.7. The Morgan fingerprint density at radius 1 is 1.00 bits per heavy atom. The Bertz CT molecular complexity index is 1200. The van der Waals surface area contributed by atoms with Gasteiger partial charge in [0, 0.05) is 26.2 Å². The maximum Gasteiger partial charge on any atom is 0.329 e. The zero-order chi connectivity index (χ0) is 24.1. The third kappa shape index (κ3) is 4.88. The van der Waals surface area contributed by atoms with E-state index in [1.54, 1.807) is 13.8 Å². The van der Waals surface area contributed by atoms with Gasteiger partial charge in [-0.15, -0.1) is 0 Å². The summed E-state index contributed by atoms with van der Waals surface area (Å²) in [5.74, 6) is -0.326. The zero-order valence-corrected chi connectivity index (χ0v) is 19.8. The number of aromatic nitrogens is 2. The first-order valence-electron chi connectivity index (χ1n) is 11.6. The number of hydrogen-bond donors (Lipinski definition) is 0. The van der Waals surface area contributed by atoms with Crippen LogP contribution in [0.2, 0.25) is 0 Å². The third-order valence-electron chi connectivity index (χ3n) is 5.65. The second kappa shape index (κ2) is 10.4. The first-order chi connectivity index (χ1) is 16.5. The van der Waals surface area contributed by atoms with E-state index in [9.17, 15) is 10.1 Å². The number of rotatable bonds is 7. The van der Waals surface area contributed by atoms with E-state index < -0.39 is 11.9 Å². The second-order valence-corrected chi connectivity index (χ2v) is 8.34. The van der Waals surface area contributed by atoms with Gasteiger partial charge in [-0.3, -0.25) is 4.79 Å². The van der Waals surface area contributed by atoms with Crippen molar-refractivity contribution in [2.45, 2.75) is 32.8 Å². The summed E-state index contributed by atoms with van der Waals surface area (Å²) in [5.41, 5.74) is 2.77. The third-order valence-corrected chi connectivity index (χ3v) is 5.65. The number of carbonyl (C=O) groups excluding carboxylic acids is 1. The van der Waals surface area contributed by atoms with Crippen LogP contribution in [0.15, 0.2) is 48.5 Å². The first-order valence-corrected chi connectivity index (χ1v) is 11.6. The number of esters is 1. The van der Waals surface area contributed by atoms with Crippen LogP contribution in [0.1, 0.15) is 32.4 Å². The highest BCUT2D eigenvalue weighted by atomic mass is 16.5. The van der Waals surface area contributed by atoms with E-state index in [-0.39, 0.29) is 6.10 Å². The van der Waals surface area contributed by atoms with Gasteiger partial charge < -0.3 is 19.3 Å². The zero-order valence-electron chi connectivity index (χ0n) is 19.8. The van der Waals surface area contributed by atoms with Crippen LogP contribution in [0, 0.1) is 11.3 Å². The van der Waals surface area contributed by atoms with E-state index in [1.165, 1.54) is 0 Å². The molecule has 0 amide bonds.